The molecule has 23 heavy (non-hydrogen) atoms. The van der Waals surface area contributed by atoms with Gasteiger partial charge >= 0.3 is 19.8 Å². The number of aromatic nitrogens is 2. The molecule has 2 aliphatic rings. The number of hydrogen-bond acceptors (Lipinski definition) is 5. The van der Waals surface area contributed by atoms with Gasteiger partial charge in [-0.05, 0) is 4.92 Å². The SMILES string of the molecule is Cn1c(C(OP(=O)(N2CC2)N2CC2)C(F)(F)F)cnc1[N+](=O)[O-]. The lowest BCUT2D eigenvalue weighted by atomic mass is 10.2. The van der Waals surface area contributed by atoms with Gasteiger partial charge in [0, 0.05) is 26.2 Å². The summed E-state index contributed by atoms with van der Waals surface area (Å²) in [6.07, 6.45) is -6.71. The van der Waals surface area contributed by atoms with Crippen molar-refractivity contribution >= 4 is 13.6 Å². The molecule has 0 saturated carbocycles. The van der Waals surface area contributed by atoms with Crippen LogP contribution in [-0.4, -0.2) is 56.2 Å². The molecule has 3 heterocycles. The van der Waals surface area contributed by atoms with Crippen LogP contribution in [0.25, 0.3) is 0 Å². The number of hydrogen-bond donors (Lipinski definition) is 0. The topological polar surface area (TPSA) is 93.3 Å². The first-order valence-corrected chi connectivity index (χ1v) is 8.19. The Labute approximate surface area is 128 Å². The van der Waals surface area contributed by atoms with Gasteiger partial charge in [0.05, 0.1) is 7.05 Å². The Balaban J connectivity index is 1.96. The van der Waals surface area contributed by atoms with E-state index in [2.05, 4.69) is 4.98 Å². The predicted octanol–water partition coefficient (Wildman–Crippen LogP) is 1.69. The van der Waals surface area contributed by atoms with Crippen LogP contribution in [-0.2, 0) is 16.1 Å². The van der Waals surface area contributed by atoms with Gasteiger partial charge in [0.1, 0.15) is 6.20 Å². The normalized spacial score (nSPS) is 20.5. The Morgan fingerprint density at radius 3 is 2.22 bits per heavy atom. The van der Waals surface area contributed by atoms with Crippen LogP contribution in [0.4, 0.5) is 19.1 Å². The lowest BCUT2D eigenvalue weighted by Gasteiger charge is -2.26. The molecule has 3 rings (SSSR count). The number of halogens is 3. The number of alkyl halides is 3. The highest BCUT2D eigenvalue weighted by Gasteiger charge is 2.56. The van der Waals surface area contributed by atoms with E-state index in [9.17, 15) is 27.9 Å². The van der Waals surface area contributed by atoms with E-state index in [1.165, 1.54) is 9.34 Å². The minimum atomic E-state index is -4.89. The standard InChI is InChI=1S/C10H13F3N5O4P/c1-15-7(6-14-9(15)18(19)20)8(10(11,12)13)22-23(21,16-2-3-16)17-4-5-17/h6,8H,2-5H2,1H3. The first-order valence-electron chi connectivity index (χ1n) is 6.66. The Hall–Kier alpha value is -1.49. The molecular weight excluding hydrogens is 342 g/mol. The molecule has 13 heteroatoms. The van der Waals surface area contributed by atoms with Crippen LogP contribution < -0.4 is 0 Å². The summed E-state index contributed by atoms with van der Waals surface area (Å²) in [6.45, 7) is 1.57. The van der Waals surface area contributed by atoms with Gasteiger partial charge < -0.3 is 10.1 Å². The maximum Gasteiger partial charge on any atom is 0.434 e. The van der Waals surface area contributed by atoms with E-state index in [-0.39, 0.29) is 0 Å². The summed E-state index contributed by atoms with van der Waals surface area (Å²) in [5, 5.41) is 10.8. The van der Waals surface area contributed by atoms with Crippen LogP contribution in [0.2, 0.25) is 0 Å². The molecule has 9 nitrogen and oxygen atoms in total. The molecule has 0 spiro atoms. The predicted molar refractivity (Wildman–Crippen MR) is 70.5 cm³/mol. The van der Waals surface area contributed by atoms with E-state index in [0.717, 1.165) is 13.2 Å². The summed E-state index contributed by atoms with van der Waals surface area (Å²) in [5.74, 6) is -0.744. The van der Waals surface area contributed by atoms with Gasteiger partial charge in [0.25, 0.3) is 0 Å². The fourth-order valence-corrected chi connectivity index (χ4v) is 4.47. The van der Waals surface area contributed by atoms with Crippen molar-refractivity contribution in [2.24, 2.45) is 7.05 Å². The quantitative estimate of drug-likeness (QED) is 0.332. The maximum absolute atomic E-state index is 13.4. The number of imidazole rings is 1. The minimum Gasteiger partial charge on any atom is -0.390 e. The molecule has 0 N–H and O–H groups in total. The van der Waals surface area contributed by atoms with Crippen LogP contribution in [0.3, 0.4) is 0 Å². The molecule has 2 fully saturated rings. The molecule has 128 valence electrons. The van der Waals surface area contributed by atoms with Gasteiger partial charge in [-0.2, -0.15) is 13.2 Å². The third kappa shape index (κ3) is 2.99. The second-order valence-electron chi connectivity index (χ2n) is 5.22. The van der Waals surface area contributed by atoms with Gasteiger partial charge in [-0.1, -0.05) is 4.98 Å². The lowest BCUT2D eigenvalue weighted by molar-refractivity contribution is -0.396. The van der Waals surface area contributed by atoms with E-state index in [4.69, 9.17) is 4.52 Å². The van der Waals surface area contributed by atoms with E-state index >= 15 is 0 Å². The van der Waals surface area contributed by atoms with Gasteiger partial charge in [-0.25, -0.2) is 13.9 Å². The van der Waals surface area contributed by atoms with Crippen LogP contribution in [0.1, 0.15) is 11.8 Å². The van der Waals surface area contributed by atoms with Crippen molar-refractivity contribution in [1.29, 1.82) is 0 Å². The number of nitro groups is 1. The highest BCUT2D eigenvalue weighted by molar-refractivity contribution is 7.54. The van der Waals surface area contributed by atoms with E-state index in [0.29, 0.717) is 30.7 Å². The smallest absolute Gasteiger partial charge is 0.390 e. The molecule has 1 atom stereocenters. The molecule has 2 saturated heterocycles. The second kappa shape index (κ2) is 5.26. The average molecular weight is 355 g/mol. The molecule has 1 aromatic heterocycles. The van der Waals surface area contributed by atoms with Crippen molar-refractivity contribution < 1.29 is 27.2 Å². The number of rotatable bonds is 6. The first kappa shape index (κ1) is 16.4. The minimum absolute atomic E-state index is 0.393. The van der Waals surface area contributed by atoms with E-state index < -0.39 is 36.5 Å². The average Bonchev–Trinajstić information content (AvgIpc) is 3.32. The molecule has 0 bridgehead atoms. The van der Waals surface area contributed by atoms with Crippen molar-refractivity contribution in [3.63, 3.8) is 0 Å². The summed E-state index contributed by atoms with van der Waals surface area (Å²) in [7, 11) is -2.67. The van der Waals surface area contributed by atoms with Crippen molar-refractivity contribution in [3.8, 4) is 0 Å². The Bertz CT molecular complexity index is 669. The van der Waals surface area contributed by atoms with Crippen molar-refractivity contribution in [2.75, 3.05) is 26.2 Å². The Kier molecular flexibility index (Phi) is 3.75. The fraction of sp³-hybridized carbons (Fsp3) is 0.700. The van der Waals surface area contributed by atoms with Gasteiger partial charge in [0.15, 0.2) is 5.69 Å². The summed E-state index contributed by atoms with van der Waals surface area (Å²) in [6, 6.07) is 0. The lowest BCUT2D eigenvalue weighted by Crippen LogP contribution is -2.27. The van der Waals surface area contributed by atoms with Crippen LogP contribution in [0, 0.1) is 10.1 Å². The molecule has 0 radical (unpaired) electrons. The van der Waals surface area contributed by atoms with Crippen LogP contribution in [0.5, 0.6) is 0 Å². The van der Waals surface area contributed by atoms with Crippen LogP contribution in [0.15, 0.2) is 6.20 Å². The number of nitrogens with zero attached hydrogens (tertiary/aromatic N) is 5. The second-order valence-corrected chi connectivity index (χ2v) is 7.55. The molecule has 0 aromatic carbocycles. The largest absolute Gasteiger partial charge is 0.434 e. The molecule has 1 unspecified atom stereocenters. The zero-order chi connectivity index (χ0) is 17.0. The zero-order valence-corrected chi connectivity index (χ0v) is 12.8. The summed E-state index contributed by atoms with van der Waals surface area (Å²) in [5.41, 5.74) is -0.562. The molecule has 0 amide bonds. The molecule has 2 aliphatic heterocycles. The van der Waals surface area contributed by atoms with Gasteiger partial charge in [-0.3, -0.25) is 9.09 Å². The van der Waals surface area contributed by atoms with E-state index in [1.807, 2.05) is 0 Å². The summed E-state index contributed by atoms with van der Waals surface area (Å²) < 4.78 is 61.4. The Morgan fingerprint density at radius 1 is 1.35 bits per heavy atom. The third-order valence-electron chi connectivity index (χ3n) is 3.53. The third-order valence-corrected chi connectivity index (χ3v) is 6.25. The van der Waals surface area contributed by atoms with E-state index in [1.54, 1.807) is 0 Å². The van der Waals surface area contributed by atoms with Gasteiger partial charge in [0.2, 0.25) is 6.10 Å². The van der Waals surface area contributed by atoms with Crippen molar-refractivity contribution in [3.05, 3.63) is 22.0 Å². The fourth-order valence-electron chi connectivity index (χ4n) is 2.15. The first-order chi connectivity index (χ1) is 10.6. The highest BCUT2D eigenvalue weighted by Crippen LogP contribution is 2.64. The zero-order valence-electron chi connectivity index (χ0n) is 11.9. The van der Waals surface area contributed by atoms with Crippen molar-refractivity contribution in [1.82, 2.24) is 18.9 Å². The Morgan fingerprint density at radius 2 is 1.87 bits per heavy atom. The van der Waals surface area contributed by atoms with Crippen LogP contribution >= 0.6 is 7.67 Å². The molecule has 1 aromatic rings. The molecule has 0 aliphatic carbocycles. The highest BCUT2D eigenvalue weighted by atomic mass is 31.2. The monoisotopic (exact) mass is 355 g/mol. The maximum atomic E-state index is 13.4. The van der Waals surface area contributed by atoms with Crippen molar-refractivity contribution in [2.45, 2.75) is 12.3 Å². The summed E-state index contributed by atoms with van der Waals surface area (Å²) >= 11 is 0. The summed E-state index contributed by atoms with van der Waals surface area (Å²) in [4.78, 5) is 13.2. The molecular formula is C10H13F3N5O4P. The van der Waals surface area contributed by atoms with Gasteiger partial charge in [-0.15, -0.1) is 0 Å².